The zero-order chi connectivity index (χ0) is 10.6. The molecule has 0 spiro atoms. The first kappa shape index (κ1) is 10.6. The highest BCUT2D eigenvalue weighted by Gasteiger charge is 2.03. The molecule has 1 heterocycles. The zero-order valence-electron chi connectivity index (χ0n) is 7.15. The largest absolute Gasteiger partial charge is 0.494 e. The van der Waals surface area contributed by atoms with Crippen molar-refractivity contribution >= 4 is 18.4 Å². The van der Waals surface area contributed by atoms with Crippen LogP contribution in [-0.2, 0) is 0 Å². The van der Waals surface area contributed by atoms with Gasteiger partial charge in [-0.1, -0.05) is 0 Å². The van der Waals surface area contributed by atoms with E-state index in [1.165, 1.54) is 6.21 Å². The average Bonchev–Trinajstić information content (AvgIpc) is 2.09. The fourth-order valence-electron chi connectivity index (χ4n) is 0.817. The molecule has 0 aliphatic carbocycles. The number of hydrogen-bond donors (Lipinski definition) is 4. The molecular weight excluding hydrogens is 206 g/mol. The Balaban J connectivity index is 3.09. The molecule has 0 atom stereocenters. The number of aromatic nitrogens is 2. The lowest BCUT2D eigenvalue weighted by Crippen LogP contribution is -2.13. The van der Waals surface area contributed by atoms with E-state index in [0.717, 1.165) is 0 Å². The molecule has 0 aromatic carbocycles. The van der Waals surface area contributed by atoms with Crippen LogP contribution < -0.4 is 5.56 Å². The number of aromatic hydroxyl groups is 1. The first-order valence-electron chi connectivity index (χ1n) is 3.81. The molecule has 0 radical (unpaired) electrons. The van der Waals surface area contributed by atoms with Gasteiger partial charge in [-0.25, -0.2) is 0 Å². The minimum absolute atomic E-state index is 0.00736. The van der Waals surface area contributed by atoms with Crippen molar-refractivity contribution in [2.24, 2.45) is 4.99 Å². The molecule has 0 unspecified atom stereocenters. The van der Waals surface area contributed by atoms with Gasteiger partial charge in [-0.15, -0.1) is 0 Å². The fourth-order valence-corrected chi connectivity index (χ4v) is 1.01. The Bertz CT molecular complexity index is 448. The first-order valence-corrected chi connectivity index (χ1v) is 4.22. The van der Waals surface area contributed by atoms with Gasteiger partial charge in [0.25, 0.3) is 5.56 Å². The number of aliphatic imine (C=N–C) groups is 1. The van der Waals surface area contributed by atoms with E-state index in [1.807, 2.05) is 0 Å². The van der Waals surface area contributed by atoms with Crippen molar-refractivity contribution in [3.63, 3.8) is 0 Å². The van der Waals surface area contributed by atoms with E-state index < -0.39 is 5.56 Å². The summed E-state index contributed by atoms with van der Waals surface area (Å²) in [6, 6.07) is 0. The number of aliphatic hydroxyl groups excluding tert-OH is 1. The standard InChI is InChI=1S/C7H9N3O3S/c11-2-1-8-3-4-5(12)9-7(14)10-6(4)13/h3,11H,1-2H2,(H3,9,10,12,13,14). The molecule has 6 nitrogen and oxygen atoms in total. The zero-order valence-corrected chi connectivity index (χ0v) is 7.97. The number of aliphatic hydroxyl groups is 1. The van der Waals surface area contributed by atoms with Gasteiger partial charge >= 0.3 is 0 Å². The van der Waals surface area contributed by atoms with Gasteiger partial charge in [-0.2, -0.15) is 0 Å². The maximum absolute atomic E-state index is 11.2. The number of hydrogen-bond acceptors (Lipinski definition) is 5. The Morgan fingerprint density at radius 3 is 2.79 bits per heavy atom. The Morgan fingerprint density at radius 1 is 1.50 bits per heavy atom. The number of H-pyrrole nitrogens is 2. The average molecular weight is 215 g/mol. The SMILES string of the molecule is O=c1[nH]c(=S)[nH]c(O)c1C=NCCO. The molecule has 0 fully saturated rings. The van der Waals surface area contributed by atoms with E-state index in [9.17, 15) is 9.90 Å². The number of rotatable bonds is 3. The van der Waals surface area contributed by atoms with E-state index in [4.69, 9.17) is 5.11 Å². The van der Waals surface area contributed by atoms with E-state index in [0.29, 0.717) is 0 Å². The lowest BCUT2D eigenvalue weighted by atomic mass is 10.3. The minimum Gasteiger partial charge on any atom is -0.494 e. The molecule has 4 N–H and O–H groups in total. The maximum Gasteiger partial charge on any atom is 0.264 e. The van der Waals surface area contributed by atoms with Gasteiger partial charge in [-0.05, 0) is 12.2 Å². The van der Waals surface area contributed by atoms with E-state index in [-0.39, 0.29) is 29.4 Å². The van der Waals surface area contributed by atoms with Crippen molar-refractivity contribution in [3.05, 3.63) is 20.7 Å². The summed E-state index contributed by atoms with van der Waals surface area (Å²) in [5.41, 5.74) is -0.528. The third-order valence-corrected chi connectivity index (χ3v) is 1.61. The van der Waals surface area contributed by atoms with Crippen molar-refractivity contribution in [1.82, 2.24) is 9.97 Å². The van der Waals surface area contributed by atoms with Crippen LogP contribution in [0.15, 0.2) is 9.79 Å². The fraction of sp³-hybridized carbons (Fsp3) is 0.286. The van der Waals surface area contributed by atoms with Crippen LogP contribution in [0.5, 0.6) is 5.88 Å². The summed E-state index contributed by atoms with van der Waals surface area (Å²) < 4.78 is 0.0480. The molecule has 0 saturated carbocycles. The molecular formula is C7H9N3O3S. The molecule has 0 aliphatic heterocycles. The molecule has 0 amide bonds. The molecule has 0 aliphatic rings. The van der Waals surface area contributed by atoms with Crippen molar-refractivity contribution in [1.29, 1.82) is 0 Å². The predicted octanol–water partition coefficient (Wildman–Crippen LogP) is -0.451. The summed E-state index contributed by atoms with van der Waals surface area (Å²) in [5.74, 6) is -0.333. The van der Waals surface area contributed by atoms with Crippen molar-refractivity contribution in [2.45, 2.75) is 0 Å². The second kappa shape index (κ2) is 4.68. The minimum atomic E-state index is -0.520. The van der Waals surface area contributed by atoms with E-state index in [2.05, 4.69) is 27.2 Å². The Labute approximate surface area is 84.0 Å². The second-order valence-corrected chi connectivity index (χ2v) is 2.84. The van der Waals surface area contributed by atoms with Gasteiger partial charge in [-0.3, -0.25) is 14.8 Å². The van der Waals surface area contributed by atoms with Gasteiger partial charge < -0.3 is 15.2 Å². The van der Waals surface area contributed by atoms with E-state index in [1.54, 1.807) is 0 Å². The molecule has 7 heteroatoms. The van der Waals surface area contributed by atoms with Crippen LogP contribution in [0.4, 0.5) is 0 Å². The molecule has 1 aromatic rings. The predicted molar refractivity (Wildman–Crippen MR) is 53.5 cm³/mol. The lowest BCUT2D eigenvalue weighted by Gasteiger charge is -1.96. The Kier molecular flexibility index (Phi) is 3.55. The van der Waals surface area contributed by atoms with Crippen LogP contribution in [0.3, 0.4) is 0 Å². The highest BCUT2D eigenvalue weighted by Crippen LogP contribution is 2.03. The Hall–Kier alpha value is -1.47. The number of nitrogens with zero attached hydrogens (tertiary/aromatic N) is 1. The molecule has 14 heavy (non-hydrogen) atoms. The van der Waals surface area contributed by atoms with Crippen LogP contribution >= 0.6 is 12.2 Å². The molecule has 1 aromatic heterocycles. The third-order valence-electron chi connectivity index (χ3n) is 1.41. The Morgan fingerprint density at radius 2 is 2.21 bits per heavy atom. The normalized spacial score (nSPS) is 10.9. The van der Waals surface area contributed by atoms with Crippen molar-refractivity contribution < 1.29 is 10.2 Å². The van der Waals surface area contributed by atoms with E-state index >= 15 is 0 Å². The number of nitrogens with one attached hydrogen (secondary N) is 2. The lowest BCUT2D eigenvalue weighted by molar-refractivity contribution is 0.307. The quantitative estimate of drug-likeness (QED) is 0.405. The van der Waals surface area contributed by atoms with Gasteiger partial charge in [0.2, 0.25) is 5.88 Å². The highest BCUT2D eigenvalue weighted by atomic mass is 32.1. The summed E-state index contributed by atoms with van der Waals surface area (Å²) >= 11 is 4.63. The van der Waals surface area contributed by atoms with Gasteiger partial charge in [0.15, 0.2) is 4.77 Å². The van der Waals surface area contributed by atoms with Crippen LogP contribution in [0.25, 0.3) is 0 Å². The summed E-state index contributed by atoms with van der Waals surface area (Å²) in [6.45, 7) is 0.0620. The summed E-state index contributed by atoms with van der Waals surface area (Å²) in [5, 5.41) is 17.7. The molecule has 76 valence electrons. The van der Waals surface area contributed by atoms with Gasteiger partial charge in [0.1, 0.15) is 5.56 Å². The van der Waals surface area contributed by atoms with Crippen LogP contribution in [0.2, 0.25) is 0 Å². The van der Waals surface area contributed by atoms with Crippen LogP contribution in [0.1, 0.15) is 5.56 Å². The molecule has 0 saturated heterocycles. The summed E-state index contributed by atoms with van der Waals surface area (Å²) in [4.78, 5) is 19.6. The molecule has 0 bridgehead atoms. The number of aromatic amines is 2. The smallest absolute Gasteiger partial charge is 0.264 e. The first-order chi connectivity index (χ1) is 6.65. The monoisotopic (exact) mass is 215 g/mol. The highest BCUT2D eigenvalue weighted by molar-refractivity contribution is 7.71. The van der Waals surface area contributed by atoms with Gasteiger partial charge in [0, 0.05) is 6.21 Å². The second-order valence-electron chi connectivity index (χ2n) is 2.43. The maximum atomic E-state index is 11.2. The topological polar surface area (TPSA) is 101 Å². The third kappa shape index (κ3) is 2.51. The van der Waals surface area contributed by atoms with Crippen molar-refractivity contribution in [3.8, 4) is 5.88 Å². The van der Waals surface area contributed by atoms with Gasteiger partial charge in [0.05, 0.1) is 13.2 Å². The summed E-state index contributed by atoms with van der Waals surface area (Å²) in [6.07, 6.45) is 1.18. The van der Waals surface area contributed by atoms with Crippen LogP contribution in [-0.4, -0.2) is 39.5 Å². The van der Waals surface area contributed by atoms with Crippen LogP contribution in [0, 0.1) is 4.77 Å². The summed E-state index contributed by atoms with van der Waals surface area (Å²) in [7, 11) is 0. The van der Waals surface area contributed by atoms with Crippen molar-refractivity contribution in [2.75, 3.05) is 13.2 Å². The molecule has 1 rings (SSSR count).